The molecule has 0 radical (unpaired) electrons. The molecule has 5 nitrogen and oxygen atoms in total. The van der Waals surface area contributed by atoms with Gasteiger partial charge in [0, 0.05) is 19.3 Å². The van der Waals surface area contributed by atoms with E-state index >= 15 is 0 Å². The smallest absolute Gasteiger partial charge is 0.242 e. The van der Waals surface area contributed by atoms with E-state index < -0.39 is 5.54 Å². The molecule has 1 saturated heterocycles. The van der Waals surface area contributed by atoms with E-state index in [-0.39, 0.29) is 25.2 Å². The largest absolute Gasteiger partial charge is 0.396 e. The van der Waals surface area contributed by atoms with Crippen LogP contribution in [0.25, 0.3) is 0 Å². The first-order valence-corrected chi connectivity index (χ1v) is 4.87. The fourth-order valence-electron chi connectivity index (χ4n) is 1.39. The number of carbonyl (C=O) groups is 1. The van der Waals surface area contributed by atoms with Crippen molar-refractivity contribution in [3.05, 3.63) is 0 Å². The van der Waals surface area contributed by atoms with Crippen LogP contribution in [0.4, 0.5) is 0 Å². The minimum atomic E-state index is -0.871. The Morgan fingerprint density at radius 2 is 2.50 bits per heavy atom. The first kappa shape index (κ1) is 11.4. The van der Waals surface area contributed by atoms with Crippen molar-refractivity contribution in [3.63, 3.8) is 0 Å². The van der Waals surface area contributed by atoms with Crippen LogP contribution in [0.2, 0.25) is 0 Å². The van der Waals surface area contributed by atoms with Gasteiger partial charge in [0.05, 0.1) is 6.61 Å². The zero-order valence-corrected chi connectivity index (χ0v) is 8.45. The summed E-state index contributed by atoms with van der Waals surface area (Å²) >= 11 is 0. The van der Waals surface area contributed by atoms with Crippen LogP contribution in [0.15, 0.2) is 0 Å². The van der Waals surface area contributed by atoms with Gasteiger partial charge >= 0.3 is 0 Å². The number of rotatable bonds is 4. The van der Waals surface area contributed by atoms with Crippen LogP contribution < -0.4 is 11.1 Å². The summed E-state index contributed by atoms with van der Waals surface area (Å²) in [6, 6.07) is -0.0477. The SMILES string of the molecule is CC(CCO)NC(=O)C1(N)CCOC1. The predicted molar refractivity (Wildman–Crippen MR) is 51.7 cm³/mol. The highest BCUT2D eigenvalue weighted by Crippen LogP contribution is 2.15. The van der Waals surface area contributed by atoms with Gasteiger partial charge in [0.15, 0.2) is 0 Å². The number of nitrogens with two attached hydrogens (primary N) is 1. The number of hydrogen-bond acceptors (Lipinski definition) is 4. The maximum atomic E-state index is 11.7. The third-order valence-electron chi connectivity index (χ3n) is 2.44. The Labute approximate surface area is 83.6 Å². The first-order chi connectivity index (χ1) is 6.58. The van der Waals surface area contributed by atoms with Gasteiger partial charge in [-0.1, -0.05) is 0 Å². The molecule has 1 amide bonds. The topological polar surface area (TPSA) is 84.6 Å². The highest BCUT2D eigenvalue weighted by atomic mass is 16.5. The molecule has 0 aromatic carbocycles. The van der Waals surface area contributed by atoms with Gasteiger partial charge in [0.2, 0.25) is 5.91 Å². The van der Waals surface area contributed by atoms with Crippen LogP contribution in [0, 0.1) is 0 Å². The Hall–Kier alpha value is -0.650. The molecular formula is C9H18N2O3. The van der Waals surface area contributed by atoms with Crippen molar-refractivity contribution < 1.29 is 14.6 Å². The zero-order chi connectivity index (χ0) is 10.6. The number of nitrogens with one attached hydrogen (secondary N) is 1. The highest BCUT2D eigenvalue weighted by molar-refractivity contribution is 5.86. The fraction of sp³-hybridized carbons (Fsp3) is 0.889. The molecule has 2 unspecified atom stereocenters. The Morgan fingerprint density at radius 3 is 3.00 bits per heavy atom. The third kappa shape index (κ3) is 2.67. The fourth-order valence-corrected chi connectivity index (χ4v) is 1.39. The van der Waals surface area contributed by atoms with Crippen LogP contribution in [-0.2, 0) is 9.53 Å². The van der Waals surface area contributed by atoms with Gasteiger partial charge in [0.1, 0.15) is 5.54 Å². The Kier molecular flexibility index (Phi) is 3.86. The van der Waals surface area contributed by atoms with E-state index in [1.165, 1.54) is 0 Å². The lowest BCUT2D eigenvalue weighted by molar-refractivity contribution is -0.127. The zero-order valence-electron chi connectivity index (χ0n) is 8.45. The van der Waals surface area contributed by atoms with Crippen molar-refractivity contribution in [2.75, 3.05) is 19.8 Å². The highest BCUT2D eigenvalue weighted by Gasteiger charge is 2.38. The van der Waals surface area contributed by atoms with E-state index in [2.05, 4.69) is 5.32 Å². The third-order valence-corrected chi connectivity index (χ3v) is 2.44. The average molecular weight is 202 g/mol. The minimum absolute atomic E-state index is 0.0477. The van der Waals surface area contributed by atoms with Crippen molar-refractivity contribution in [1.82, 2.24) is 5.32 Å². The maximum Gasteiger partial charge on any atom is 0.242 e. The number of aliphatic hydroxyl groups excluding tert-OH is 1. The quantitative estimate of drug-likeness (QED) is 0.545. The number of aliphatic hydroxyl groups is 1. The summed E-state index contributed by atoms with van der Waals surface area (Å²) in [5.41, 5.74) is 4.98. The van der Waals surface area contributed by atoms with Crippen molar-refractivity contribution in [3.8, 4) is 0 Å². The molecule has 1 aliphatic rings. The molecule has 1 fully saturated rings. The van der Waals surface area contributed by atoms with E-state index in [9.17, 15) is 4.79 Å². The molecule has 0 aliphatic carbocycles. The Bertz CT molecular complexity index is 202. The van der Waals surface area contributed by atoms with E-state index in [0.29, 0.717) is 19.4 Å². The van der Waals surface area contributed by atoms with E-state index in [0.717, 1.165) is 0 Å². The number of ether oxygens (including phenoxy) is 1. The summed E-state index contributed by atoms with van der Waals surface area (Å²) in [6.45, 7) is 2.73. The molecule has 0 bridgehead atoms. The molecule has 0 saturated carbocycles. The van der Waals surface area contributed by atoms with Crippen LogP contribution in [-0.4, -0.2) is 42.4 Å². The van der Waals surface area contributed by atoms with Gasteiger partial charge in [-0.15, -0.1) is 0 Å². The van der Waals surface area contributed by atoms with Crippen molar-refractivity contribution in [2.45, 2.75) is 31.3 Å². The second-order valence-corrected chi connectivity index (χ2v) is 3.85. The second-order valence-electron chi connectivity index (χ2n) is 3.85. The number of hydrogen-bond donors (Lipinski definition) is 3. The minimum Gasteiger partial charge on any atom is -0.396 e. The molecule has 1 aliphatic heterocycles. The van der Waals surface area contributed by atoms with Gasteiger partial charge in [-0.05, 0) is 19.8 Å². The molecule has 1 heterocycles. The lowest BCUT2D eigenvalue weighted by Crippen LogP contribution is -2.56. The Balaban J connectivity index is 2.40. The summed E-state index contributed by atoms with van der Waals surface area (Å²) < 4.78 is 5.09. The average Bonchev–Trinajstić information content (AvgIpc) is 2.54. The normalized spacial score (nSPS) is 28.8. The number of amides is 1. The molecule has 14 heavy (non-hydrogen) atoms. The number of carbonyl (C=O) groups excluding carboxylic acids is 1. The van der Waals surface area contributed by atoms with Gasteiger partial charge < -0.3 is 20.9 Å². The Morgan fingerprint density at radius 1 is 1.79 bits per heavy atom. The summed E-state index contributed by atoms with van der Waals surface area (Å²) in [5.74, 6) is -0.184. The molecule has 4 N–H and O–H groups in total. The summed E-state index contributed by atoms with van der Waals surface area (Å²) in [6.07, 6.45) is 1.10. The monoisotopic (exact) mass is 202 g/mol. The van der Waals surface area contributed by atoms with Gasteiger partial charge in [-0.3, -0.25) is 4.79 Å². The van der Waals surface area contributed by atoms with Crippen molar-refractivity contribution in [1.29, 1.82) is 0 Å². The standard InChI is InChI=1S/C9H18N2O3/c1-7(2-4-12)11-8(13)9(10)3-5-14-6-9/h7,12H,2-6,10H2,1H3,(H,11,13). The lowest BCUT2D eigenvalue weighted by atomic mass is 9.99. The maximum absolute atomic E-state index is 11.7. The molecule has 2 atom stereocenters. The molecule has 0 spiro atoms. The van der Waals surface area contributed by atoms with Crippen LogP contribution in [0.5, 0.6) is 0 Å². The first-order valence-electron chi connectivity index (χ1n) is 4.87. The van der Waals surface area contributed by atoms with E-state index in [1.54, 1.807) is 0 Å². The summed E-state index contributed by atoms with van der Waals surface area (Å²) in [7, 11) is 0. The molecule has 0 aromatic heterocycles. The van der Waals surface area contributed by atoms with Gasteiger partial charge in [0.25, 0.3) is 0 Å². The molecule has 82 valence electrons. The van der Waals surface area contributed by atoms with Crippen molar-refractivity contribution in [2.24, 2.45) is 5.73 Å². The van der Waals surface area contributed by atoms with Crippen molar-refractivity contribution >= 4 is 5.91 Å². The predicted octanol–water partition coefficient (Wildman–Crippen LogP) is -1.01. The van der Waals surface area contributed by atoms with E-state index in [4.69, 9.17) is 15.6 Å². The van der Waals surface area contributed by atoms with Crippen LogP contribution in [0.3, 0.4) is 0 Å². The molecular weight excluding hydrogens is 184 g/mol. The summed E-state index contributed by atoms with van der Waals surface area (Å²) in [5, 5.41) is 11.4. The molecule has 5 heteroatoms. The lowest BCUT2D eigenvalue weighted by Gasteiger charge is -2.23. The molecule has 1 rings (SSSR count). The van der Waals surface area contributed by atoms with E-state index in [1.807, 2.05) is 6.92 Å². The van der Waals surface area contributed by atoms with Gasteiger partial charge in [-0.25, -0.2) is 0 Å². The van der Waals surface area contributed by atoms with Crippen LogP contribution >= 0.6 is 0 Å². The van der Waals surface area contributed by atoms with Gasteiger partial charge in [-0.2, -0.15) is 0 Å². The molecule has 0 aromatic rings. The summed E-state index contributed by atoms with van der Waals surface area (Å²) in [4.78, 5) is 11.7. The second kappa shape index (κ2) is 4.72. The van der Waals surface area contributed by atoms with Crippen LogP contribution in [0.1, 0.15) is 19.8 Å².